The second-order valence-electron chi connectivity index (χ2n) is 8.39. The molecule has 0 rings (SSSR count). The quantitative estimate of drug-likeness (QED) is 0.154. The van der Waals surface area contributed by atoms with E-state index in [2.05, 4.69) is 12.2 Å². The van der Waals surface area contributed by atoms with E-state index in [1.807, 2.05) is 13.8 Å². The fourth-order valence-corrected chi connectivity index (χ4v) is 3.42. The third-order valence-electron chi connectivity index (χ3n) is 5.38. The Bertz CT molecular complexity index is 401. The molecule has 0 radical (unpaired) electrons. The first-order valence-corrected chi connectivity index (χ1v) is 12.8. The SMILES string of the molecule is CCCCCCCCCCCCCCCOC(=O)C(CCC)NC(=O)OCCCC. The molecule has 1 unspecified atom stereocenters. The maximum atomic E-state index is 12.2. The number of hydrogen-bond acceptors (Lipinski definition) is 4. The maximum Gasteiger partial charge on any atom is 0.407 e. The molecule has 0 bridgehead atoms. The lowest BCUT2D eigenvalue weighted by molar-refractivity contribution is -0.146. The Hall–Kier alpha value is -1.26. The smallest absolute Gasteiger partial charge is 0.407 e. The molecule has 0 aromatic carbocycles. The summed E-state index contributed by atoms with van der Waals surface area (Å²) in [5, 5.41) is 2.64. The maximum absolute atomic E-state index is 12.2. The van der Waals surface area contributed by atoms with Crippen molar-refractivity contribution in [2.75, 3.05) is 13.2 Å². The van der Waals surface area contributed by atoms with Crippen LogP contribution >= 0.6 is 0 Å². The number of rotatable bonds is 21. The molecule has 0 fully saturated rings. The van der Waals surface area contributed by atoms with Gasteiger partial charge < -0.3 is 14.8 Å². The third kappa shape index (κ3) is 18.7. The van der Waals surface area contributed by atoms with Gasteiger partial charge >= 0.3 is 12.1 Å². The van der Waals surface area contributed by atoms with Crippen molar-refractivity contribution in [3.63, 3.8) is 0 Å². The van der Waals surface area contributed by atoms with Crippen LogP contribution in [0.1, 0.15) is 130 Å². The van der Waals surface area contributed by atoms with Crippen LogP contribution in [0.5, 0.6) is 0 Å². The number of carbonyl (C=O) groups excluding carboxylic acids is 2. The first-order valence-electron chi connectivity index (χ1n) is 12.8. The molecular weight excluding hydrogens is 378 g/mol. The Morgan fingerprint density at radius 3 is 1.57 bits per heavy atom. The van der Waals surface area contributed by atoms with Gasteiger partial charge in [0, 0.05) is 0 Å². The number of hydrogen-bond donors (Lipinski definition) is 1. The lowest BCUT2D eigenvalue weighted by atomic mass is 10.0. The molecule has 0 aromatic rings. The molecule has 0 saturated heterocycles. The van der Waals surface area contributed by atoms with Crippen molar-refractivity contribution in [2.45, 2.75) is 136 Å². The summed E-state index contributed by atoms with van der Waals surface area (Å²) in [5.41, 5.74) is 0. The van der Waals surface area contributed by atoms with Gasteiger partial charge in [0.05, 0.1) is 13.2 Å². The number of carbonyl (C=O) groups is 2. The second kappa shape index (κ2) is 22.4. The Kier molecular flexibility index (Phi) is 21.5. The topological polar surface area (TPSA) is 64.6 Å². The standard InChI is InChI=1S/C25H49NO4/c1-4-7-9-10-11-12-13-14-15-16-17-18-19-22-29-24(27)23(20-6-3)26-25(28)30-21-8-5-2/h23H,4-22H2,1-3H3,(H,26,28). The van der Waals surface area contributed by atoms with Crippen LogP contribution in [0.15, 0.2) is 0 Å². The van der Waals surface area contributed by atoms with E-state index in [1.54, 1.807) is 0 Å². The van der Waals surface area contributed by atoms with Gasteiger partial charge in [0.25, 0.3) is 0 Å². The van der Waals surface area contributed by atoms with Crippen molar-refractivity contribution >= 4 is 12.1 Å². The van der Waals surface area contributed by atoms with Crippen molar-refractivity contribution in [3.05, 3.63) is 0 Å². The minimum Gasteiger partial charge on any atom is -0.464 e. The molecule has 0 aliphatic carbocycles. The lowest BCUT2D eigenvalue weighted by Crippen LogP contribution is -2.42. The number of amides is 1. The fraction of sp³-hybridized carbons (Fsp3) is 0.920. The largest absolute Gasteiger partial charge is 0.464 e. The van der Waals surface area contributed by atoms with Crippen LogP contribution in [-0.2, 0) is 14.3 Å². The van der Waals surface area contributed by atoms with E-state index in [9.17, 15) is 9.59 Å². The first kappa shape index (κ1) is 28.7. The predicted molar refractivity (Wildman–Crippen MR) is 125 cm³/mol. The molecule has 1 N–H and O–H groups in total. The van der Waals surface area contributed by atoms with E-state index in [4.69, 9.17) is 9.47 Å². The Labute approximate surface area is 186 Å². The van der Waals surface area contributed by atoms with Crippen LogP contribution < -0.4 is 5.32 Å². The number of nitrogens with one attached hydrogen (secondary N) is 1. The van der Waals surface area contributed by atoms with Gasteiger partial charge in [-0.2, -0.15) is 0 Å². The summed E-state index contributed by atoms with van der Waals surface area (Å²) in [7, 11) is 0. The summed E-state index contributed by atoms with van der Waals surface area (Å²) >= 11 is 0. The molecule has 0 aliphatic rings. The minimum absolute atomic E-state index is 0.344. The number of alkyl carbamates (subject to hydrolysis) is 1. The van der Waals surface area contributed by atoms with Gasteiger partial charge in [-0.15, -0.1) is 0 Å². The van der Waals surface area contributed by atoms with Crippen molar-refractivity contribution in [3.8, 4) is 0 Å². The van der Waals surface area contributed by atoms with Gasteiger partial charge in [-0.05, 0) is 19.3 Å². The average Bonchev–Trinajstić information content (AvgIpc) is 2.73. The molecule has 0 aromatic heterocycles. The molecule has 0 heterocycles. The van der Waals surface area contributed by atoms with Gasteiger partial charge in [0.15, 0.2) is 0 Å². The van der Waals surface area contributed by atoms with Gasteiger partial charge in [-0.25, -0.2) is 9.59 Å². The molecule has 0 spiro atoms. The first-order chi connectivity index (χ1) is 14.7. The predicted octanol–water partition coefficient (Wildman–Crippen LogP) is 7.32. The molecule has 0 aliphatic heterocycles. The molecule has 30 heavy (non-hydrogen) atoms. The highest BCUT2D eigenvalue weighted by Gasteiger charge is 2.21. The summed E-state index contributed by atoms with van der Waals surface area (Å²) in [5.74, 6) is -0.344. The summed E-state index contributed by atoms with van der Waals surface area (Å²) in [6, 6.07) is -0.605. The van der Waals surface area contributed by atoms with Crippen LogP contribution in [0.3, 0.4) is 0 Å². The number of ether oxygens (including phenoxy) is 2. The van der Waals surface area contributed by atoms with Gasteiger partial charge in [0.1, 0.15) is 6.04 Å². The van der Waals surface area contributed by atoms with Gasteiger partial charge in [0.2, 0.25) is 0 Å². The van der Waals surface area contributed by atoms with Crippen molar-refractivity contribution in [2.24, 2.45) is 0 Å². The average molecular weight is 428 g/mol. The van der Waals surface area contributed by atoms with E-state index in [0.29, 0.717) is 19.6 Å². The van der Waals surface area contributed by atoms with E-state index >= 15 is 0 Å². The Morgan fingerprint density at radius 2 is 1.07 bits per heavy atom. The zero-order valence-corrected chi connectivity index (χ0v) is 20.1. The summed E-state index contributed by atoms with van der Waals surface area (Å²) in [4.78, 5) is 24.0. The van der Waals surface area contributed by atoms with Crippen molar-refractivity contribution in [1.29, 1.82) is 0 Å². The highest BCUT2D eigenvalue weighted by atomic mass is 16.6. The van der Waals surface area contributed by atoms with Gasteiger partial charge in [-0.1, -0.05) is 111 Å². The van der Waals surface area contributed by atoms with Gasteiger partial charge in [-0.3, -0.25) is 0 Å². The molecule has 0 saturated carbocycles. The van der Waals surface area contributed by atoms with Crippen LogP contribution in [0.4, 0.5) is 4.79 Å². The highest BCUT2D eigenvalue weighted by Crippen LogP contribution is 2.12. The summed E-state index contributed by atoms with van der Waals surface area (Å²) in [6.07, 6.45) is 19.4. The highest BCUT2D eigenvalue weighted by molar-refractivity contribution is 5.81. The zero-order chi connectivity index (χ0) is 22.3. The molecular formula is C25H49NO4. The van der Waals surface area contributed by atoms with Crippen molar-refractivity contribution < 1.29 is 19.1 Å². The van der Waals surface area contributed by atoms with Crippen LogP contribution in [-0.4, -0.2) is 31.3 Å². The summed E-state index contributed by atoms with van der Waals surface area (Å²) in [6.45, 7) is 7.10. The zero-order valence-electron chi connectivity index (χ0n) is 20.1. The van der Waals surface area contributed by atoms with E-state index in [1.165, 1.54) is 70.6 Å². The van der Waals surface area contributed by atoms with Crippen LogP contribution in [0.2, 0.25) is 0 Å². The molecule has 5 nitrogen and oxygen atoms in total. The molecule has 1 atom stereocenters. The molecule has 178 valence electrons. The van der Waals surface area contributed by atoms with Crippen molar-refractivity contribution in [1.82, 2.24) is 5.32 Å². The van der Waals surface area contributed by atoms with E-state index in [0.717, 1.165) is 32.1 Å². The summed E-state index contributed by atoms with van der Waals surface area (Å²) < 4.78 is 10.5. The third-order valence-corrected chi connectivity index (χ3v) is 5.38. The monoisotopic (exact) mass is 427 g/mol. The van der Waals surface area contributed by atoms with E-state index < -0.39 is 12.1 Å². The molecule has 1 amide bonds. The lowest BCUT2D eigenvalue weighted by Gasteiger charge is -2.17. The van der Waals surface area contributed by atoms with E-state index in [-0.39, 0.29) is 5.97 Å². The second-order valence-corrected chi connectivity index (χ2v) is 8.39. The minimum atomic E-state index is -0.605. The Morgan fingerprint density at radius 1 is 0.600 bits per heavy atom. The fourth-order valence-electron chi connectivity index (χ4n) is 3.42. The number of esters is 1. The van der Waals surface area contributed by atoms with Crippen LogP contribution in [0, 0.1) is 0 Å². The van der Waals surface area contributed by atoms with Crippen LogP contribution in [0.25, 0.3) is 0 Å². The number of unbranched alkanes of at least 4 members (excludes halogenated alkanes) is 13. The molecule has 5 heteroatoms. The normalized spacial score (nSPS) is 11.8. The Balaban J connectivity index is 3.63.